The highest BCUT2D eigenvalue weighted by Crippen LogP contribution is 2.21. The van der Waals surface area contributed by atoms with Gasteiger partial charge in [0.15, 0.2) is 0 Å². The van der Waals surface area contributed by atoms with Crippen molar-refractivity contribution < 1.29 is 0 Å². The summed E-state index contributed by atoms with van der Waals surface area (Å²) in [4.78, 5) is 4.28. The molecule has 88 valence electrons. The summed E-state index contributed by atoms with van der Waals surface area (Å²) in [6.45, 7) is 4.18. The highest BCUT2D eigenvalue weighted by molar-refractivity contribution is 14.1. The Labute approximate surface area is 116 Å². The van der Waals surface area contributed by atoms with E-state index < -0.39 is 0 Å². The van der Waals surface area contributed by atoms with E-state index in [4.69, 9.17) is 0 Å². The second-order valence-corrected chi connectivity index (χ2v) is 5.30. The van der Waals surface area contributed by atoms with Gasteiger partial charge in [0.1, 0.15) is 0 Å². The van der Waals surface area contributed by atoms with Crippen LogP contribution in [0.4, 0.5) is 5.69 Å². The van der Waals surface area contributed by atoms with E-state index in [2.05, 4.69) is 70.1 Å². The molecule has 1 atom stereocenters. The molecule has 1 unspecified atom stereocenters. The van der Waals surface area contributed by atoms with Crippen LogP contribution in [0.3, 0.4) is 0 Å². The monoisotopic (exact) mass is 338 g/mol. The average molecular weight is 338 g/mol. The Hall–Kier alpha value is -1.10. The second-order valence-electron chi connectivity index (χ2n) is 4.05. The number of nitrogens with one attached hydrogen (secondary N) is 1. The van der Waals surface area contributed by atoms with Crippen molar-refractivity contribution in [3.63, 3.8) is 0 Å². The van der Waals surface area contributed by atoms with Crippen LogP contribution >= 0.6 is 22.6 Å². The average Bonchev–Trinajstić information content (AvgIpc) is 2.33. The molecule has 1 heterocycles. The third kappa shape index (κ3) is 3.19. The van der Waals surface area contributed by atoms with Gasteiger partial charge in [-0.2, -0.15) is 0 Å². The lowest BCUT2D eigenvalue weighted by atomic mass is 10.1. The Morgan fingerprint density at radius 1 is 1.18 bits per heavy atom. The molecule has 0 aliphatic heterocycles. The number of hydrogen-bond acceptors (Lipinski definition) is 2. The van der Waals surface area contributed by atoms with E-state index in [1.165, 1.54) is 9.13 Å². The molecule has 0 amide bonds. The summed E-state index contributed by atoms with van der Waals surface area (Å²) in [5.41, 5.74) is 3.41. The van der Waals surface area contributed by atoms with Gasteiger partial charge in [-0.05, 0) is 66.3 Å². The number of anilines is 1. The predicted molar refractivity (Wildman–Crippen MR) is 80.2 cm³/mol. The van der Waals surface area contributed by atoms with Crippen molar-refractivity contribution >= 4 is 28.3 Å². The van der Waals surface area contributed by atoms with Gasteiger partial charge in [-0.15, -0.1) is 0 Å². The van der Waals surface area contributed by atoms with Crippen molar-refractivity contribution in [1.82, 2.24) is 4.98 Å². The van der Waals surface area contributed by atoms with Crippen LogP contribution < -0.4 is 5.32 Å². The Balaban J connectivity index is 2.14. The second kappa shape index (κ2) is 5.49. The number of rotatable bonds is 3. The third-order valence-electron chi connectivity index (χ3n) is 2.75. The van der Waals surface area contributed by atoms with Crippen LogP contribution in [0.5, 0.6) is 0 Å². The number of pyridine rings is 1. The van der Waals surface area contributed by atoms with Gasteiger partial charge in [0.2, 0.25) is 0 Å². The molecule has 1 N–H and O–H groups in total. The lowest BCUT2D eigenvalue weighted by Crippen LogP contribution is -2.08. The summed E-state index contributed by atoms with van der Waals surface area (Å²) >= 11 is 2.32. The van der Waals surface area contributed by atoms with Crippen LogP contribution in [0.2, 0.25) is 0 Å². The smallest absolute Gasteiger partial charge is 0.0603 e. The molecular weight excluding hydrogens is 323 g/mol. The maximum Gasteiger partial charge on any atom is 0.0603 e. The molecule has 17 heavy (non-hydrogen) atoms. The van der Waals surface area contributed by atoms with Crippen molar-refractivity contribution in [3.8, 4) is 0 Å². The molecule has 0 bridgehead atoms. The fourth-order valence-electron chi connectivity index (χ4n) is 1.70. The molecule has 0 aliphatic rings. The summed E-state index contributed by atoms with van der Waals surface area (Å²) < 4.78 is 1.26. The van der Waals surface area contributed by atoms with Crippen LogP contribution in [0.25, 0.3) is 0 Å². The lowest BCUT2D eigenvalue weighted by Gasteiger charge is -2.16. The van der Waals surface area contributed by atoms with E-state index in [1.54, 1.807) is 0 Å². The van der Waals surface area contributed by atoms with E-state index in [0.717, 1.165) is 11.4 Å². The van der Waals surface area contributed by atoms with Gasteiger partial charge in [-0.3, -0.25) is 4.98 Å². The van der Waals surface area contributed by atoms with Gasteiger partial charge in [0.05, 0.1) is 11.4 Å². The highest BCUT2D eigenvalue weighted by atomic mass is 127. The van der Waals surface area contributed by atoms with Crippen molar-refractivity contribution in [2.24, 2.45) is 0 Å². The van der Waals surface area contributed by atoms with Crippen molar-refractivity contribution in [1.29, 1.82) is 0 Å². The standard InChI is InChI=1S/C14H15IN2/c1-10(12-5-7-13(15)8-6-12)17-14-4-3-9-16-11(14)2/h3-10,17H,1-2H3. The van der Waals surface area contributed by atoms with E-state index in [-0.39, 0.29) is 6.04 Å². The van der Waals surface area contributed by atoms with Gasteiger partial charge in [-0.25, -0.2) is 0 Å². The largest absolute Gasteiger partial charge is 0.377 e. The molecule has 0 spiro atoms. The minimum Gasteiger partial charge on any atom is -0.377 e. The molecule has 1 aromatic heterocycles. The predicted octanol–water partition coefficient (Wildman–Crippen LogP) is 4.17. The third-order valence-corrected chi connectivity index (χ3v) is 3.47. The van der Waals surface area contributed by atoms with Crippen LogP contribution in [-0.4, -0.2) is 4.98 Å². The normalized spacial score (nSPS) is 12.2. The molecule has 2 rings (SSSR count). The molecule has 0 radical (unpaired) electrons. The lowest BCUT2D eigenvalue weighted by molar-refractivity contribution is 0.879. The highest BCUT2D eigenvalue weighted by Gasteiger charge is 2.06. The van der Waals surface area contributed by atoms with Gasteiger partial charge < -0.3 is 5.32 Å². The first-order valence-corrected chi connectivity index (χ1v) is 6.68. The summed E-state index contributed by atoms with van der Waals surface area (Å²) in [5, 5.41) is 3.48. The first kappa shape index (κ1) is 12.4. The zero-order valence-electron chi connectivity index (χ0n) is 9.94. The minimum absolute atomic E-state index is 0.287. The van der Waals surface area contributed by atoms with Gasteiger partial charge in [0.25, 0.3) is 0 Å². The van der Waals surface area contributed by atoms with Crippen LogP contribution in [0.15, 0.2) is 42.6 Å². The zero-order valence-corrected chi connectivity index (χ0v) is 12.1. The number of benzene rings is 1. The van der Waals surface area contributed by atoms with Gasteiger partial charge in [-0.1, -0.05) is 12.1 Å². The number of halogens is 1. The summed E-state index contributed by atoms with van der Waals surface area (Å²) in [5.74, 6) is 0. The summed E-state index contributed by atoms with van der Waals surface area (Å²) in [7, 11) is 0. The van der Waals surface area contributed by atoms with Crippen LogP contribution in [0.1, 0.15) is 24.2 Å². The zero-order chi connectivity index (χ0) is 12.3. The Morgan fingerprint density at radius 3 is 2.53 bits per heavy atom. The fourth-order valence-corrected chi connectivity index (χ4v) is 2.06. The summed E-state index contributed by atoms with van der Waals surface area (Å²) in [6.07, 6.45) is 1.82. The molecule has 2 nitrogen and oxygen atoms in total. The Kier molecular flexibility index (Phi) is 3.99. The number of aryl methyl sites for hydroxylation is 1. The first-order valence-electron chi connectivity index (χ1n) is 5.60. The maximum atomic E-state index is 4.28. The summed E-state index contributed by atoms with van der Waals surface area (Å²) in [6, 6.07) is 12.9. The van der Waals surface area contributed by atoms with Gasteiger partial charge >= 0.3 is 0 Å². The van der Waals surface area contributed by atoms with Crippen molar-refractivity contribution in [3.05, 3.63) is 57.4 Å². The van der Waals surface area contributed by atoms with E-state index in [0.29, 0.717) is 0 Å². The topological polar surface area (TPSA) is 24.9 Å². The first-order chi connectivity index (χ1) is 8.16. The molecule has 0 saturated heterocycles. The molecule has 0 saturated carbocycles. The van der Waals surface area contributed by atoms with Gasteiger partial charge in [0, 0.05) is 15.8 Å². The maximum absolute atomic E-state index is 4.28. The van der Waals surface area contributed by atoms with E-state index in [9.17, 15) is 0 Å². The van der Waals surface area contributed by atoms with Crippen molar-refractivity contribution in [2.45, 2.75) is 19.9 Å². The molecule has 2 aromatic rings. The van der Waals surface area contributed by atoms with E-state index >= 15 is 0 Å². The van der Waals surface area contributed by atoms with Crippen LogP contribution in [-0.2, 0) is 0 Å². The molecule has 1 aromatic carbocycles. The minimum atomic E-state index is 0.287. The number of hydrogen-bond donors (Lipinski definition) is 1. The fraction of sp³-hybridized carbons (Fsp3) is 0.214. The number of nitrogens with zero attached hydrogens (tertiary/aromatic N) is 1. The Morgan fingerprint density at radius 2 is 1.88 bits per heavy atom. The number of aromatic nitrogens is 1. The molecule has 3 heteroatoms. The van der Waals surface area contributed by atoms with Crippen LogP contribution in [0, 0.1) is 10.5 Å². The SMILES string of the molecule is Cc1ncccc1NC(C)c1ccc(I)cc1. The van der Waals surface area contributed by atoms with Crippen molar-refractivity contribution in [2.75, 3.05) is 5.32 Å². The van der Waals surface area contributed by atoms with E-state index in [1.807, 2.05) is 19.2 Å². The quantitative estimate of drug-likeness (QED) is 0.850. The Bertz CT molecular complexity index is 494. The molecular formula is C14H15IN2. The molecule has 0 aliphatic carbocycles. The molecule has 0 fully saturated rings.